The van der Waals surface area contributed by atoms with E-state index in [9.17, 15) is 14.4 Å². The van der Waals surface area contributed by atoms with Crippen LogP contribution in [0.25, 0.3) is 0 Å². The Morgan fingerprint density at radius 1 is 1.14 bits per heavy atom. The summed E-state index contributed by atoms with van der Waals surface area (Å²) < 4.78 is 0. The van der Waals surface area contributed by atoms with Crippen LogP contribution < -0.4 is 5.32 Å². The van der Waals surface area contributed by atoms with Crippen LogP contribution in [0.15, 0.2) is 35.7 Å². The minimum absolute atomic E-state index is 0.179. The second kappa shape index (κ2) is 6.44. The Morgan fingerprint density at radius 3 is 2.89 bits per heavy atom. The molecule has 1 N–H and O–H groups in total. The summed E-state index contributed by atoms with van der Waals surface area (Å²) in [7, 11) is 0. The third kappa shape index (κ3) is 2.57. The summed E-state index contributed by atoms with van der Waals surface area (Å²) in [5.41, 5.74) is 2.11. The molecule has 1 aromatic carbocycles. The highest BCUT2D eigenvalue weighted by Crippen LogP contribution is 2.39. The topological polar surface area (TPSA) is 69.7 Å². The normalized spacial score (nSPS) is 23.6. The van der Waals surface area contributed by atoms with Gasteiger partial charge in [-0.05, 0) is 53.8 Å². The summed E-state index contributed by atoms with van der Waals surface area (Å²) in [5, 5.41) is 4.96. The van der Waals surface area contributed by atoms with E-state index in [4.69, 9.17) is 0 Å². The van der Waals surface area contributed by atoms with Crippen molar-refractivity contribution in [1.82, 2.24) is 15.1 Å². The van der Waals surface area contributed by atoms with Gasteiger partial charge in [-0.3, -0.25) is 14.5 Å². The number of imide groups is 1. The van der Waals surface area contributed by atoms with Crippen molar-refractivity contribution < 1.29 is 14.4 Å². The number of fused-ring (bicyclic) bond motifs is 3. The van der Waals surface area contributed by atoms with Crippen LogP contribution in [0.1, 0.15) is 34.4 Å². The predicted octanol–water partition coefficient (Wildman–Crippen LogP) is 2.42. The molecule has 1 aromatic heterocycles. The van der Waals surface area contributed by atoms with Gasteiger partial charge in [0.1, 0.15) is 12.1 Å². The summed E-state index contributed by atoms with van der Waals surface area (Å²) in [6, 6.07) is 9.35. The number of hydrogen-bond acceptors (Lipinski definition) is 4. The number of carbonyl (C=O) groups is 3. The average molecular weight is 395 g/mol. The Labute approximate surface area is 167 Å². The Kier molecular flexibility index (Phi) is 4.01. The third-order valence-corrected chi connectivity index (χ3v) is 7.13. The van der Waals surface area contributed by atoms with Gasteiger partial charge in [0.25, 0.3) is 5.91 Å². The smallest absolute Gasteiger partial charge is 0.325 e. The predicted molar refractivity (Wildman–Crippen MR) is 105 cm³/mol. The lowest BCUT2D eigenvalue weighted by molar-refractivity contribution is -0.140. The number of nitrogens with one attached hydrogen (secondary N) is 1. The van der Waals surface area contributed by atoms with Crippen molar-refractivity contribution in [2.24, 2.45) is 0 Å². The number of urea groups is 1. The summed E-state index contributed by atoms with van der Waals surface area (Å²) in [5.74, 6) is -0.479. The molecule has 0 unspecified atom stereocenters. The van der Waals surface area contributed by atoms with Crippen LogP contribution in [0.3, 0.4) is 0 Å². The SMILES string of the molecule is O=C(CN1C(=O)N[C@]2(CCCc3ccccc32)C1=O)N1CCc2sccc2C1. The fourth-order valence-corrected chi connectivity index (χ4v) is 5.54. The van der Waals surface area contributed by atoms with Crippen molar-refractivity contribution in [1.29, 1.82) is 0 Å². The quantitative estimate of drug-likeness (QED) is 0.794. The van der Waals surface area contributed by atoms with E-state index >= 15 is 0 Å². The Bertz CT molecular complexity index is 985. The molecule has 1 spiro atoms. The third-order valence-electron chi connectivity index (χ3n) is 6.10. The van der Waals surface area contributed by atoms with Gasteiger partial charge in [0, 0.05) is 18.0 Å². The van der Waals surface area contributed by atoms with Crippen LogP contribution >= 0.6 is 11.3 Å². The lowest BCUT2D eigenvalue weighted by Gasteiger charge is -2.33. The minimum atomic E-state index is -1.02. The molecule has 2 aromatic rings. The first-order chi connectivity index (χ1) is 13.6. The number of amides is 4. The van der Waals surface area contributed by atoms with Crippen LogP contribution in [0.5, 0.6) is 0 Å². The highest BCUT2D eigenvalue weighted by Gasteiger charge is 2.54. The van der Waals surface area contributed by atoms with Crippen molar-refractivity contribution in [2.75, 3.05) is 13.1 Å². The Hall–Kier alpha value is -2.67. The second-order valence-electron chi connectivity index (χ2n) is 7.67. The lowest BCUT2D eigenvalue weighted by atomic mass is 9.76. The summed E-state index contributed by atoms with van der Waals surface area (Å²) >= 11 is 1.71. The Balaban J connectivity index is 1.37. The second-order valence-corrected chi connectivity index (χ2v) is 8.67. The van der Waals surface area contributed by atoms with E-state index in [1.165, 1.54) is 10.4 Å². The molecule has 1 saturated heterocycles. The van der Waals surface area contributed by atoms with E-state index in [-0.39, 0.29) is 18.4 Å². The molecule has 0 bridgehead atoms. The highest BCUT2D eigenvalue weighted by atomic mass is 32.1. The van der Waals surface area contributed by atoms with Crippen LogP contribution in [0.4, 0.5) is 4.79 Å². The van der Waals surface area contributed by atoms with Gasteiger partial charge in [0.2, 0.25) is 5.91 Å². The van der Waals surface area contributed by atoms with Crippen LogP contribution in [-0.4, -0.2) is 40.7 Å². The van der Waals surface area contributed by atoms with Crippen LogP contribution in [0.2, 0.25) is 0 Å². The van der Waals surface area contributed by atoms with Gasteiger partial charge in [0.15, 0.2) is 0 Å². The molecule has 0 radical (unpaired) electrons. The minimum Gasteiger partial charge on any atom is -0.336 e. The number of carbonyl (C=O) groups excluding carboxylic acids is 3. The molecular formula is C21H21N3O3S. The number of hydrogen-bond donors (Lipinski definition) is 1. The van der Waals surface area contributed by atoms with Gasteiger partial charge >= 0.3 is 6.03 Å². The highest BCUT2D eigenvalue weighted by molar-refractivity contribution is 7.10. The van der Waals surface area contributed by atoms with Crippen molar-refractivity contribution >= 4 is 29.2 Å². The maximum absolute atomic E-state index is 13.3. The first-order valence-electron chi connectivity index (χ1n) is 9.64. The number of rotatable bonds is 2. The number of nitrogens with zero attached hydrogens (tertiary/aromatic N) is 2. The summed E-state index contributed by atoms with van der Waals surface area (Å²) in [4.78, 5) is 43.0. The molecule has 144 valence electrons. The van der Waals surface area contributed by atoms with Crippen LogP contribution in [0, 0.1) is 0 Å². The zero-order valence-corrected chi connectivity index (χ0v) is 16.3. The van der Waals surface area contributed by atoms with Gasteiger partial charge in [0.05, 0.1) is 0 Å². The summed E-state index contributed by atoms with van der Waals surface area (Å²) in [6.07, 6.45) is 3.13. The number of benzene rings is 1. The average Bonchev–Trinajstić information content (AvgIpc) is 3.27. The number of aryl methyl sites for hydroxylation is 1. The van der Waals surface area contributed by atoms with Crippen LogP contribution in [-0.2, 0) is 34.5 Å². The van der Waals surface area contributed by atoms with Crippen molar-refractivity contribution in [3.8, 4) is 0 Å². The molecule has 1 fully saturated rings. The Morgan fingerprint density at radius 2 is 2.00 bits per heavy atom. The maximum atomic E-state index is 13.3. The first kappa shape index (κ1) is 17.4. The van der Waals surface area contributed by atoms with E-state index in [0.717, 1.165) is 35.3 Å². The molecule has 2 aliphatic heterocycles. The monoisotopic (exact) mass is 395 g/mol. The molecule has 4 amide bonds. The van der Waals surface area contributed by atoms with Gasteiger partial charge < -0.3 is 10.2 Å². The first-order valence-corrected chi connectivity index (χ1v) is 10.5. The zero-order valence-electron chi connectivity index (χ0n) is 15.4. The van der Waals surface area contributed by atoms with Crippen molar-refractivity contribution in [3.05, 3.63) is 57.3 Å². The molecule has 7 heteroatoms. The fraction of sp³-hybridized carbons (Fsp3) is 0.381. The zero-order chi connectivity index (χ0) is 19.3. The van der Waals surface area contributed by atoms with E-state index in [2.05, 4.69) is 5.32 Å². The number of thiophene rings is 1. The van der Waals surface area contributed by atoms with Gasteiger partial charge in [-0.2, -0.15) is 0 Å². The largest absolute Gasteiger partial charge is 0.336 e. The van der Waals surface area contributed by atoms with Gasteiger partial charge in [-0.25, -0.2) is 4.79 Å². The fourth-order valence-electron chi connectivity index (χ4n) is 4.65. The van der Waals surface area contributed by atoms with E-state index in [1.807, 2.05) is 35.7 Å². The molecule has 1 aliphatic carbocycles. The molecule has 0 saturated carbocycles. The van der Waals surface area contributed by atoms with E-state index in [1.54, 1.807) is 16.2 Å². The lowest BCUT2D eigenvalue weighted by Crippen LogP contribution is -2.48. The van der Waals surface area contributed by atoms with Gasteiger partial charge in [-0.1, -0.05) is 24.3 Å². The molecule has 3 aliphatic rings. The molecule has 5 rings (SSSR count). The maximum Gasteiger partial charge on any atom is 0.325 e. The van der Waals surface area contributed by atoms with Crippen molar-refractivity contribution in [2.45, 2.75) is 37.8 Å². The molecule has 1 atom stereocenters. The van der Waals surface area contributed by atoms with E-state index < -0.39 is 11.6 Å². The van der Waals surface area contributed by atoms with Gasteiger partial charge in [-0.15, -0.1) is 11.3 Å². The van der Waals surface area contributed by atoms with Crippen molar-refractivity contribution in [3.63, 3.8) is 0 Å². The molecular weight excluding hydrogens is 374 g/mol. The molecule has 3 heterocycles. The summed E-state index contributed by atoms with van der Waals surface area (Å²) in [6.45, 7) is 0.979. The molecule has 28 heavy (non-hydrogen) atoms. The van der Waals surface area contributed by atoms with E-state index in [0.29, 0.717) is 19.5 Å². The molecule has 6 nitrogen and oxygen atoms in total. The standard InChI is InChI=1S/C21H21N3O3S/c25-18(23-10-7-17-15(12-23)8-11-28-17)13-24-19(26)21(22-20(24)27)9-3-5-14-4-1-2-6-16(14)21/h1-2,4,6,8,11H,3,5,7,9-10,12-13H2,(H,22,27)/t21-/m0/s1.